The van der Waals surface area contributed by atoms with Crippen molar-refractivity contribution < 1.29 is 9.53 Å². The number of benzene rings is 1. The number of carbonyl (C=O) groups excluding carboxylic acids is 1. The van der Waals surface area contributed by atoms with E-state index in [9.17, 15) is 4.79 Å². The fourth-order valence-corrected chi connectivity index (χ4v) is 1.53. The lowest BCUT2D eigenvalue weighted by molar-refractivity contribution is 0.0518. The molecule has 1 N–H and O–H groups in total. The van der Waals surface area contributed by atoms with E-state index < -0.39 is 5.97 Å². The molecule has 0 radical (unpaired) electrons. The number of nitrogens with one attached hydrogen (secondary N) is 1. The second-order valence-corrected chi connectivity index (χ2v) is 3.50. The fraction of sp³-hybridized carbons (Fsp3) is 0.250. The minimum absolute atomic E-state index is 0.260. The van der Waals surface area contributed by atoms with Crippen molar-refractivity contribution in [1.82, 2.24) is 15.4 Å². The molecule has 0 saturated carbocycles. The molecule has 2 aromatic rings. The van der Waals surface area contributed by atoms with Crippen LogP contribution in [-0.2, 0) is 11.2 Å². The molecule has 5 nitrogen and oxygen atoms in total. The smallest absolute Gasteiger partial charge is 0.360 e. The first kappa shape index (κ1) is 11.3. The Kier molecular flexibility index (Phi) is 3.49. The molecule has 0 spiro atoms. The van der Waals surface area contributed by atoms with Gasteiger partial charge >= 0.3 is 5.97 Å². The number of hydrogen-bond acceptors (Lipinski definition) is 4. The molecular formula is C12H13N3O2. The molecule has 0 saturated heterocycles. The zero-order valence-corrected chi connectivity index (χ0v) is 9.51. The van der Waals surface area contributed by atoms with Crippen LogP contribution in [0.2, 0.25) is 0 Å². The summed E-state index contributed by atoms with van der Waals surface area (Å²) < 4.78 is 4.90. The van der Waals surface area contributed by atoms with Crippen LogP contribution in [0.25, 0.3) is 0 Å². The topological polar surface area (TPSA) is 67.9 Å². The van der Waals surface area contributed by atoms with Gasteiger partial charge in [0.1, 0.15) is 5.69 Å². The van der Waals surface area contributed by atoms with E-state index in [1.807, 2.05) is 30.3 Å². The number of ether oxygens (including phenoxy) is 1. The van der Waals surface area contributed by atoms with Crippen LogP contribution in [0, 0.1) is 0 Å². The summed E-state index contributed by atoms with van der Waals surface area (Å²) >= 11 is 0. The van der Waals surface area contributed by atoms with E-state index >= 15 is 0 Å². The average Bonchev–Trinajstić information content (AvgIpc) is 2.79. The molecule has 2 rings (SSSR count). The third kappa shape index (κ3) is 2.69. The number of aromatic amines is 1. The van der Waals surface area contributed by atoms with E-state index in [0.29, 0.717) is 18.7 Å². The molecule has 0 amide bonds. The van der Waals surface area contributed by atoms with Gasteiger partial charge in [0.25, 0.3) is 0 Å². The number of esters is 1. The van der Waals surface area contributed by atoms with Crippen LogP contribution < -0.4 is 0 Å². The Bertz CT molecular complexity index is 493. The van der Waals surface area contributed by atoms with Gasteiger partial charge in [-0.3, -0.25) is 0 Å². The van der Waals surface area contributed by atoms with Crippen LogP contribution in [0.3, 0.4) is 0 Å². The molecule has 88 valence electrons. The van der Waals surface area contributed by atoms with Gasteiger partial charge in [-0.25, -0.2) is 4.79 Å². The lowest BCUT2D eigenvalue weighted by Crippen LogP contribution is -2.08. The van der Waals surface area contributed by atoms with E-state index in [1.165, 1.54) is 0 Å². The molecule has 0 atom stereocenters. The van der Waals surface area contributed by atoms with Crippen molar-refractivity contribution in [2.45, 2.75) is 13.3 Å². The third-order valence-electron chi connectivity index (χ3n) is 2.30. The molecule has 1 aromatic heterocycles. The van der Waals surface area contributed by atoms with Gasteiger partial charge in [-0.05, 0) is 12.5 Å². The van der Waals surface area contributed by atoms with Crippen molar-refractivity contribution in [3.63, 3.8) is 0 Å². The van der Waals surface area contributed by atoms with Crippen LogP contribution in [-0.4, -0.2) is 28.0 Å². The molecule has 0 bridgehead atoms. The van der Waals surface area contributed by atoms with Crippen LogP contribution in [0.15, 0.2) is 30.3 Å². The molecule has 0 aliphatic rings. The summed E-state index contributed by atoms with van der Waals surface area (Å²) in [5.41, 5.74) is 1.94. The highest BCUT2D eigenvalue weighted by molar-refractivity contribution is 5.88. The standard InChI is InChI=1S/C12H13N3O2/c1-2-17-12(16)11-10(13-15-14-11)8-9-6-4-3-5-7-9/h3-7H,2,8H2,1H3,(H,13,14,15). The SMILES string of the molecule is CCOC(=O)c1n[nH]nc1Cc1ccccc1. The number of nitrogens with zero attached hydrogens (tertiary/aromatic N) is 2. The number of hydrogen-bond donors (Lipinski definition) is 1. The lowest BCUT2D eigenvalue weighted by atomic mass is 10.1. The third-order valence-corrected chi connectivity index (χ3v) is 2.30. The first-order valence-electron chi connectivity index (χ1n) is 5.42. The molecule has 0 aliphatic heterocycles. The van der Waals surface area contributed by atoms with Gasteiger partial charge in [0.05, 0.1) is 6.61 Å². The zero-order valence-electron chi connectivity index (χ0n) is 9.51. The molecule has 5 heteroatoms. The Morgan fingerprint density at radius 1 is 1.29 bits per heavy atom. The van der Waals surface area contributed by atoms with Crippen LogP contribution in [0.5, 0.6) is 0 Å². The summed E-state index contributed by atoms with van der Waals surface area (Å²) in [5, 5.41) is 10.3. The molecule has 0 aliphatic carbocycles. The van der Waals surface area contributed by atoms with E-state index in [0.717, 1.165) is 5.56 Å². The number of rotatable bonds is 4. The van der Waals surface area contributed by atoms with Crippen molar-refractivity contribution in [3.8, 4) is 0 Å². The van der Waals surface area contributed by atoms with Gasteiger partial charge in [0.2, 0.25) is 0 Å². The second-order valence-electron chi connectivity index (χ2n) is 3.50. The monoisotopic (exact) mass is 231 g/mol. The summed E-state index contributed by atoms with van der Waals surface area (Å²) in [4.78, 5) is 11.6. The van der Waals surface area contributed by atoms with E-state index in [4.69, 9.17) is 4.74 Å². The summed E-state index contributed by atoms with van der Waals surface area (Å²) in [5.74, 6) is -0.438. The van der Waals surface area contributed by atoms with Crippen molar-refractivity contribution in [2.75, 3.05) is 6.61 Å². The maximum atomic E-state index is 11.6. The Balaban J connectivity index is 2.17. The second kappa shape index (κ2) is 5.25. The minimum atomic E-state index is -0.438. The largest absolute Gasteiger partial charge is 0.461 e. The average molecular weight is 231 g/mol. The molecule has 0 fully saturated rings. The van der Waals surface area contributed by atoms with Crippen molar-refractivity contribution in [1.29, 1.82) is 0 Å². The van der Waals surface area contributed by atoms with E-state index in [1.54, 1.807) is 6.92 Å². The van der Waals surface area contributed by atoms with Crippen molar-refractivity contribution >= 4 is 5.97 Å². The van der Waals surface area contributed by atoms with E-state index in [-0.39, 0.29) is 5.69 Å². The van der Waals surface area contributed by atoms with Crippen LogP contribution in [0.4, 0.5) is 0 Å². The number of carbonyl (C=O) groups is 1. The molecule has 1 aromatic carbocycles. The lowest BCUT2D eigenvalue weighted by Gasteiger charge is -2.01. The van der Waals surface area contributed by atoms with E-state index in [2.05, 4.69) is 15.4 Å². The van der Waals surface area contributed by atoms with Gasteiger partial charge in [0.15, 0.2) is 5.69 Å². The first-order chi connectivity index (χ1) is 8.31. The van der Waals surface area contributed by atoms with Gasteiger partial charge in [-0.2, -0.15) is 10.3 Å². The first-order valence-corrected chi connectivity index (χ1v) is 5.42. The van der Waals surface area contributed by atoms with Crippen LogP contribution in [0.1, 0.15) is 28.7 Å². The molecule has 1 heterocycles. The number of H-pyrrole nitrogens is 1. The van der Waals surface area contributed by atoms with Gasteiger partial charge in [-0.1, -0.05) is 30.3 Å². The highest BCUT2D eigenvalue weighted by Crippen LogP contribution is 2.10. The molecule has 17 heavy (non-hydrogen) atoms. The van der Waals surface area contributed by atoms with Crippen LogP contribution >= 0.6 is 0 Å². The maximum Gasteiger partial charge on any atom is 0.360 e. The summed E-state index contributed by atoms with van der Waals surface area (Å²) in [6, 6.07) is 9.78. The maximum absolute atomic E-state index is 11.6. The Labute approximate surface area is 98.8 Å². The highest BCUT2D eigenvalue weighted by Gasteiger charge is 2.17. The minimum Gasteiger partial charge on any atom is -0.461 e. The van der Waals surface area contributed by atoms with Gasteiger partial charge < -0.3 is 4.74 Å². The normalized spacial score (nSPS) is 10.2. The summed E-state index contributed by atoms with van der Waals surface area (Å²) in [6.45, 7) is 2.09. The molecular weight excluding hydrogens is 218 g/mol. The molecule has 0 unspecified atom stereocenters. The predicted octanol–water partition coefficient (Wildman–Crippen LogP) is 1.57. The fourth-order valence-electron chi connectivity index (χ4n) is 1.53. The quantitative estimate of drug-likeness (QED) is 0.811. The Morgan fingerprint density at radius 3 is 2.76 bits per heavy atom. The van der Waals surface area contributed by atoms with Gasteiger partial charge in [0, 0.05) is 6.42 Å². The predicted molar refractivity (Wildman–Crippen MR) is 61.6 cm³/mol. The Hall–Kier alpha value is -2.17. The summed E-state index contributed by atoms with van der Waals surface area (Å²) in [6.07, 6.45) is 0.561. The highest BCUT2D eigenvalue weighted by atomic mass is 16.5. The van der Waals surface area contributed by atoms with Crippen molar-refractivity contribution in [3.05, 3.63) is 47.3 Å². The summed E-state index contributed by atoms with van der Waals surface area (Å²) in [7, 11) is 0. The van der Waals surface area contributed by atoms with Crippen molar-refractivity contribution in [2.24, 2.45) is 0 Å². The van der Waals surface area contributed by atoms with Gasteiger partial charge in [-0.15, -0.1) is 5.10 Å². The number of aromatic nitrogens is 3. The Morgan fingerprint density at radius 2 is 2.06 bits per heavy atom. The zero-order chi connectivity index (χ0) is 12.1.